The quantitative estimate of drug-likeness (QED) is 0.811. The number of hydrogen-bond acceptors (Lipinski definition) is 4. The Kier molecular flexibility index (Phi) is 2.82. The Hall–Kier alpha value is -1.62. The van der Waals surface area contributed by atoms with Gasteiger partial charge in [-0.1, -0.05) is 5.16 Å². The molecule has 0 aliphatic carbocycles. The number of aromatic nitrogens is 3. The first kappa shape index (κ1) is 9.92. The zero-order valence-electron chi connectivity index (χ0n) is 8.90. The lowest BCUT2D eigenvalue weighted by Crippen LogP contribution is -2.15. The van der Waals surface area contributed by atoms with Crippen molar-refractivity contribution in [2.45, 2.75) is 20.0 Å². The van der Waals surface area contributed by atoms with Crippen LogP contribution in [0.3, 0.4) is 0 Å². The molecule has 0 aliphatic heterocycles. The molecule has 2 aromatic rings. The van der Waals surface area contributed by atoms with Crippen molar-refractivity contribution < 1.29 is 4.52 Å². The molecule has 15 heavy (non-hydrogen) atoms. The number of nitrogens with one attached hydrogen (secondary N) is 1. The summed E-state index contributed by atoms with van der Waals surface area (Å²) in [6, 6.07) is 3.91. The second kappa shape index (κ2) is 4.27. The summed E-state index contributed by atoms with van der Waals surface area (Å²) in [5.74, 6) is 0.840. The third kappa shape index (κ3) is 2.44. The summed E-state index contributed by atoms with van der Waals surface area (Å²) in [6.07, 6.45) is 1.79. The molecule has 2 aromatic heterocycles. The van der Waals surface area contributed by atoms with Crippen molar-refractivity contribution in [3.8, 4) is 0 Å². The van der Waals surface area contributed by atoms with E-state index in [1.54, 1.807) is 6.20 Å². The van der Waals surface area contributed by atoms with E-state index in [0.717, 1.165) is 23.7 Å². The van der Waals surface area contributed by atoms with E-state index in [1.807, 2.05) is 30.8 Å². The van der Waals surface area contributed by atoms with Crippen LogP contribution in [0.25, 0.3) is 0 Å². The molecule has 80 valence electrons. The van der Waals surface area contributed by atoms with Crippen LogP contribution in [-0.4, -0.2) is 14.9 Å². The van der Waals surface area contributed by atoms with Crippen LogP contribution >= 0.6 is 0 Å². The third-order valence-electron chi connectivity index (χ3n) is 2.21. The van der Waals surface area contributed by atoms with Crippen molar-refractivity contribution in [2.75, 3.05) is 0 Å². The van der Waals surface area contributed by atoms with Crippen LogP contribution in [0.15, 0.2) is 22.9 Å². The molecule has 0 unspecified atom stereocenters. The molecule has 0 saturated heterocycles. The van der Waals surface area contributed by atoms with Gasteiger partial charge in [0.05, 0.1) is 11.4 Å². The fourth-order valence-electron chi connectivity index (χ4n) is 1.39. The highest BCUT2D eigenvalue weighted by atomic mass is 16.5. The van der Waals surface area contributed by atoms with Crippen molar-refractivity contribution >= 4 is 0 Å². The molecule has 2 heterocycles. The highest BCUT2D eigenvalue weighted by Crippen LogP contribution is 2.01. The number of nitrogens with zero attached hydrogens (tertiary/aromatic N) is 3. The van der Waals surface area contributed by atoms with Gasteiger partial charge in [0, 0.05) is 32.4 Å². The van der Waals surface area contributed by atoms with Gasteiger partial charge in [-0.2, -0.15) is 5.10 Å². The van der Waals surface area contributed by atoms with E-state index in [1.165, 1.54) is 0 Å². The van der Waals surface area contributed by atoms with Gasteiger partial charge < -0.3 is 9.84 Å². The lowest BCUT2D eigenvalue weighted by molar-refractivity contribution is 0.388. The van der Waals surface area contributed by atoms with E-state index in [4.69, 9.17) is 4.52 Å². The fraction of sp³-hybridized carbons (Fsp3) is 0.400. The predicted molar refractivity (Wildman–Crippen MR) is 55.0 cm³/mol. The lowest BCUT2D eigenvalue weighted by atomic mass is 10.3. The Labute approximate surface area is 88.1 Å². The Morgan fingerprint density at radius 3 is 2.93 bits per heavy atom. The van der Waals surface area contributed by atoms with Gasteiger partial charge in [0.15, 0.2) is 0 Å². The van der Waals surface area contributed by atoms with E-state index >= 15 is 0 Å². The molecule has 0 amide bonds. The molecule has 5 heteroatoms. The summed E-state index contributed by atoms with van der Waals surface area (Å²) in [6.45, 7) is 3.38. The highest BCUT2D eigenvalue weighted by Gasteiger charge is 2.01. The van der Waals surface area contributed by atoms with Gasteiger partial charge in [-0.15, -0.1) is 0 Å². The lowest BCUT2D eigenvalue weighted by Gasteiger charge is -2.02. The van der Waals surface area contributed by atoms with Crippen molar-refractivity contribution in [1.29, 1.82) is 0 Å². The molecule has 0 aromatic carbocycles. The van der Waals surface area contributed by atoms with Gasteiger partial charge in [-0.05, 0) is 13.0 Å². The molecule has 0 aliphatic rings. The van der Waals surface area contributed by atoms with Crippen LogP contribution in [-0.2, 0) is 20.1 Å². The van der Waals surface area contributed by atoms with Crippen LogP contribution in [0.4, 0.5) is 0 Å². The normalized spacial score (nSPS) is 10.8. The second-order valence-corrected chi connectivity index (χ2v) is 3.48. The first-order chi connectivity index (χ1) is 7.25. The molecule has 0 bridgehead atoms. The summed E-state index contributed by atoms with van der Waals surface area (Å²) < 4.78 is 6.82. The van der Waals surface area contributed by atoms with Gasteiger partial charge in [0.25, 0.3) is 0 Å². The monoisotopic (exact) mass is 206 g/mol. The fourth-order valence-corrected chi connectivity index (χ4v) is 1.39. The van der Waals surface area contributed by atoms with Crippen LogP contribution in [0.1, 0.15) is 17.1 Å². The van der Waals surface area contributed by atoms with Gasteiger partial charge in [-0.3, -0.25) is 4.68 Å². The first-order valence-corrected chi connectivity index (χ1v) is 4.85. The Morgan fingerprint density at radius 2 is 2.33 bits per heavy atom. The first-order valence-electron chi connectivity index (χ1n) is 4.85. The minimum absolute atomic E-state index is 0.711. The number of hydrogen-bond donors (Lipinski definition) is 1. The Balaban J connectivity index is 1.83. The van der Waals surface area contributed by atoms with Gasteiger partial charge >= 0.3 is 0 Å². The Bertz CT molecular complexity index is 432. The molecule has 2 rings (SSSR count). The predicted octanol–water partition coefficient (Wildman–Crippen LogP) is 1.01. The molecule has 0 saturated carbocycles. The standard InChI is InChI=1S/C10H14N4O/c1-8-5-9(13-15-8)6-11-7-10-3-4-12-14(10)2/h3-5,11H,6-7H2,1-2H3. The van der Waals surface area contributed by atoms with E-state index < -0.39 is 0 Å². The highest BCUT2D eigenvalue weighted by molar-refractivity contribution is 5.04. The van der Waals surface area contributed by atoms with Crippen molar-refractivity contribution in [3.05, 3.63) is 35.5 Å². The van der Waals surface area contributed by atoms with E-state index in [-0.39, 0.29) is 0 Å². The third-order valence-corrected chi connectivity index (χ3v) is 2.21. The van der Waals surface area contributed by atoms with Crippen LogP contribution in [0.2, 0.25) is 0 Å². The summed E-state index contributed by atoms with van der Waals surface area (Å²) in [4.78, 5) is 0. The average molecular weight is 206 g/mol. The van der Waals surface area contributed by atoms with Crippen molar-refractivity contribution in [3.63, 3.8) is 0 Å². The molecule has 0 spiro atoms. The van der Waals surface area contributed by atoms with E-state index in [2.05, 4.69) is 15.6 Å². The smallest absolute Gasteiger partial charge is 0.133 e. The van der Waals surface area contributed by atoms with Gasteiger partial charge in [0.2, 0.25) is 0 Å². The molecule has 0 fully saturated rings. The topological polar surface area (TPSA) is 55.9 Å². The summed E-state index contributed by atoms with van der Waals surface area (Å²) in [7, 11) is 1.93. The zero-order chi connectivity index (χ0) is 10.7. The van der Waals surface area contributed by atoms with Crippen LogP contribution < -0.4 is 5.32 Å². The SMILES string of the molecule is Cc1cc(CNCc2ccnn2C)no1. The zero-order valence-corrected chi connectivity index (χ0v) is 8.90. The Morgan fingerprint density at radius 1 is 1.47 bits per heavy atom. The van der Waals surface area contributed by atoms with Crippen molar-refractivity contribution in [2.24, 2.45) is 7.05 Å². The van der Waals surface area contributed by atoms with E-state index in [9.17, 15) is 0 Å². The van der Waals surface area contributed by atoms with Crippen LogP contribution in [0.5, 0.6) is 0 Å². The number of rotatable bonds is 4. The molecule has 0 radical (unpaired) electrons. The second-order valence-electron chi connectivity index (χ2n) is 3.48. The summed E-state index contributed by atoms with van der Waals surface area (Å²) in [5.41, 5.74) is 2.07. The molecule has 5 nitrogen and oxygen atoms in total. The van der Waals surface area contributed by atoms with Crippen molar-refractivity contribution in [1.82, 2.24) is 20.3 Å². The van der Waals surface area contributed by atoms with E-state index in [0.29, 0.717) is 6.54 Å². The summed E-state index contributed by atoms with van der Waals surface area (Å²) >= 11 is 0. The summed E-state index contributed by atoms with van der Waals surface area (Å²) in [5, 5.41) is 11.3. The minimum Gasteiger partial charge on any atom is -0.361 e. The van der Waals surface area contributed by atoms with Gasteiger partial charge in [-0.25, -0.2) is 0 Å². The minimum atomic E-state index is 0.711. The largest absolute Gasteiger partial charge is 0.361 e. The maximum atomic E-state index is 4.97. The molecular formula is C10H14N4O. The molecule has 1 N–H and O–H groups in total. The maximum Gasteiger partial charge on any atom is 0.133 e. The molecular weight excluding hydrogens is 192 g/mol. The number of aryl methyl sites for hydroxylation is 2. The molecule has 0 atom stereocenters. The maximum absolute atomic E-state index is 4.97. The average Bonchev–Trinajstić information content (AvgIpc) is 2.77. The van der Waals surface area contributed by atoms with Gasteiger partial charge in [0.1, 0.15) is 5.76 Å². The van der Waals surface area contributed by atoms with Crippen LogP contribution in [0, 0.1) is 6.92 Å².